The number of ether oxygens (including phenoxy) is 1. The first-order chi connectivity index (χ1) is 11.5. The number of carbonyl (C=O) groups is 3. The largest absolute Gasteiger partial charge is 0.466 e. The summed E-state index contributed by atoms with van der Waals surface area (Å²) in [5.41, 5.74) is 0.522. The first-order valence-electron chi connectivity index (χ1n) is 7.81. The average molecular weight is 352 g/mol. The predicted octanol–water partition coefficient (Wildman–Crippen LogP) is 3.27. The summed E-state index contributed by atoms with van der Waals surface area (Å²) in [6.45, 7) is 6.22. The molecule has 6 heteroatoms. The molecule has 130 valence electrons. The highest BCUT2D eigenvalue weighted by Gasteiger charge is 2.16. The number of carbonyl (C=O) groups excluding carboxylic acids is 3. The lowest BCUT2D eigenvalue weighted by Crippen LogP contribution is -2.33. The number of Topliss-reactive ketones (excluding diaryl/α,β-unsaturated/α-hetero) is 1. The summed E-state index contributed by atoms with van der Waals surface area (Å²) in [4.78, 5) is 37.2. The minimum absolute atomic E-state index is 0.0815. The quantitative estimate of drug-likeness (QED) is 0.368. The third-order valence-corrected chi connectivity index (χ3v) is 3.58. The normalized spacial score (nSPS) is 10.1. The second-order valence-electron chi connectivity index (χ2n) is 5.11. The van der Waals surface area contributed by atoms with E-state index in [9.17, 15) is 14.4 Å². The van der Waals surface area contributed by atoms with Crippen LogP contribution in [-0.2, 0) is 14.3 Å². The fourth-order valence-corrected chi connectivity index (χ4v) is 2.22. The van der Waals surface area contributed by atoms with Crippen molar-refractivity contribution >= 4 is 29.3 Å². The molecule has 0 unspecified atom stereocenters. The van der Waals surface area contributed by atoms with Crippen LogP contribution < -0.4 is 0 Å². The van der Waals surface area contributed by atoms with Crippen molar-refractivity contribution in [2.75, 3.05) is 19.7 Å². The molecule has 1 aromatic carbocycles. The van der Waals surface area contributed by atoms with E-state index in [-0.39, 0.29) is 43.5 Å². The molecule has 0 aliphatic carbocycles. The Hall–Kier alpha value is -2.14. The Labute approximate surface area is 147 Å². The number of nitrogens with zero attached hydrogens (tertiary/aromatic N) is 1. The van der Waals surface area contributed by atoms with Crippen LogP contribution in [0.25, 0.3) is 0 Å². The van der Waals surface area contributed by atoms with Gasteiger partial charge in [-0.1, -0.05) is 17.7 Å². The molecule has 0 spiro atoms. The Balaban J connectivity index is 2.52. The molecule has 0 bridgehead atoms. The van der Waals surface area contributed by atoms with Gasteiger partial charge in [0.2, 0.25) is 5.91 Å². The van der Waals surface area contributed by atoms with E-state index in [1.807, 2.05) is 0 Å². The molecular weight excluding hydrogens is 330 g/mol. The van der Waals surface area contributed by atoms with Crippen molar-refractivity contribution in [3.8, 4) is 0 Å². The first kappa shape index (κ1) is 19.9. The van der Waals surface area contributed by atoms with Gasteiger partial charge >= 0.3 is 5.97 Å². The van der Waals surface area contributed by atoms with Crippen LogP contribution in [0.5, 0.6) is 0 Å². The van der Waals surface area contributed by atoms with Gasteiger partial charge in [0, 0.05) is 36.5 Å². The molecule has 0 aromatic heterocycles. The molecular formula is C18H22ClNO4. The number of amides is 1. The molecule has 0 fully saturated rings. The average Bonchev–Trinajstić information content (AvgIpc) is 2.57. The Morgan fingerprint density at radius 2 is 1.83 bits per heavy atom. The smallest absolute Gasteiger partial charge is 0.307 e. The molecule has 0 heterocycles. The highest BCUT2D eigenvalue weighted by Crippen LogP contribution is 2.12. The van der Waals surface area contributed by atoms with Gasteiger partial charge in [0.25, 0.3) is 0 Å². The van der Waals surface area contributed by atoms with E-state index in [0.29, 0.717) is 23.7 Å². The van der Waals surface area contributed by atoms with E-state index in [2.05, 4.69) is 6.58 Å². The molecule has 0 saturated carbocycles. The second kappa shape index (κ2) is 10.6. The summed E-state index contributed by atoms with van der Waals surface area (Å²) >= 11 is 5.78. The molecule has 1 aromatic rings. The SMILES string of the molecule is C=CCN(CCC(=O)OCC)C(=O)CCC(=O)c1ccc(Cl)cc1. The van der Waals surface area contributed by atoms with Crippen molar-refractivity contribution in [1.82, 2.24) is 4.90 Å². The van der Waals surface area contributed by atoms with E-state index in [4.69, 9.17) is 16.3 Å². The van der Waals surface area contributed by atoms with Crippen LogP contribution in [0.1, 0.15) is 36.5 Å². The van der Waals surface area contributed by atoms with Crippen molar-refractivity contribution in [3.63, 3.8) is 0 Å². The number of hydrogen-bond acceptors (Lipinski definition) is 4. The van der Waals surface area contributed by atoms with E-state index in [1.165, 1.54) is 4.90 Å². The van der Waals surface area contributed by atoms with Crippen LogP contribution in [0.3, 0.4) is 0 Å². The molecule has 0 saturated heterocycles. The van der Waals surface area contributed by atoms with E-state index in [0.717, 1.165) is 0 Å². The molecule has 24 heavy (non-hydrogen) atoms. The van der Waals surface area contributed by atoms with Crippen LogP contribution in [0.2, 0.25) is 5.02 Å². The number of esters is 1. The molecule has 5 nitrogen and oxygen atoms in total. The zero-order chi connectivity index (χ0) is 17.9. The lowest BCUT2D eigenvalue weighted by molar-refractivity contribution is -0.144. The predicted molar refractivity (Wildman–Crippen MR) is 93.0 cm³/mol. The summed E-state index contributed by atoms with van der Waals surface area (Å²) < 4.78 is 4.85. The first-order valence-corrected chi connectivity index (χ1v) is 8.18. The summed E-state index contributed by atoms with van der Waals surface area (Å²) in [5, 5.41) is 0.554. The molecule has 0 radical (unpaired) electrons. The lowest BCUT2D eigenvalue weighted by atomic mass is 10.1. The van der Waals surface area contributed by atoms with Crippen LogP contribution >= 0.6 is 11.6 Å². The fraction of sp³-hybridized carbons (Fsp3) is 0.389. The summed E-state index contributed by atoms with van der Waals surface area (Å²) in [5.74, 6) is -0.665. The van der Waals surface area contributed by atoms with E-state index >= 15 is 0 Å². The summed E-state index contributed by atoms with van der Waals surface area (Å²) in [6.07, 6.45) is 1.90. The van der Waals surface area contributed by atoms with Crippen LogP contribution in [-0.4, -0.2) is 42.3 Å². The maximum Gasteiger partial charge on any atom is 0.307 e. The molecule has 0 atom stereocenters. The van der Waals surface area contributed by atoms with Gasteiger partial charge in [0.1, 0.15) is 0 Å². The van der Waals surface area contributed by atoms with Crippen LogP contribution in [0.4, 0.5) is 0 Å². The highest BCUT2D eigenvalue weighted by atomic mass is 35.5. The third kappa shape index (κ3) is 6.96. The molecule has 0 aliphatic rings. The standard InChI is InChI=1S/C18H22ClNO4/c1-3-12-20(13-11-18(23)24-4-2)17(22)10-9-16(21)14-5-7-15(19)8-6-14/h3,5-8H,1,4,9-13H2,2H3. The molecule has 0 N–H and O–H groups in total. The van der Waals surface area contributed by atoms with Crippen LogP contribution in [0.15, 0.2) is 36.9 Å². The Kier molecular flexibility index (Phi) is 8.79. The van der Waals surface area contributed by atoms with Crippen molar-refractivity contribution in [2.45, 2.75) is 26.2 Å². The fourth-order valence-electron chi connectivity index (χ4n) is 2.09. The monoisotopic (exact) mass is 351 g/mol. The van der Waals surface area contributed by atoms with Gasteiger partial charge in [-0.3, -0.25) is 14.4 Å². The number of rotatable bonds is 10. The number of halogens is 1. The zero-order valence-electron chi connectivity index (χ0n) is 13.8. The van der Waals surface area contributed by atoms with Crippen molar-refractivity contribution in [2.24, 2.45) is 0 Å². The van der Waals surface area contributed by atoms with Crippen molar-refractivity contribution in [3.05, 3.63) is 47.5 Å². The van der Waals surface area contributed by atoms with Gasteiger partial charge < -0.3 is 9.64 Å². The highest BCUT2D eigenvalue weighted by molar-refractivity contribution is 6.30. The number of hydrogen-bond donors (Lipinski definition) is 0. The van der Waals surface area contributed by atoms with E-state index < -0.39 is 0 Å². The lowest BCUT2D eigenvalue weighted by Gasteiger charge is -2.20. The van der Waals surface area contributed by atoms with Gasteiger partial charge in [0.15, 0.2) is 5.78 Å². The Morgan fingerprint density at radius 1 is 1.17 bits per heavy atom. The number of ketones is 1. The van der Waals surface area contributed by atoms with Crippen LogP contribution in [0, 0.1) is 0 Å². The summed E-state index contributed by atoms with van der Waals surface area (Å²) in [6, 6.07) is 6.55. The Bertz CT molecular complexity index is 583. The van der Waals surface area contributed by atoms with Crippen molar-refractivity contribution in [1.29, 1.82) is 0 Å². The zero-order valence-corrected chi connectivity index (χ0v) is 14.6. The van der Waals surface area contributed by atoms with Gasteiger partial charge in [-0.25, -0.2) is 0 Å². The van der Waals surface area contributed by atoms with Gasteiger partial charge in [0.05, 0.1) is 13.0 Å². The van der Waals surface area contributed by atoms with Gasteiger partial charge in [-0.15, -0.1) is 6.58 Å². The minimum Gasteiger partial charge on any atom is -0.466 e. The van der Waals surface area contributed by atoms with E-state index in [1.54, 1.807) is 37.3 Å². The van der Waals surface area contributed by atoms with Gasteiger partial charge in [-0.05, 0) is 31.2 Å². The third-order valence-electron chi connectivity index (χ3n) is 3.33. The molecule has 0 aliphatic heterocycles. The second-order valence-corrected chi connectivity index (χ2v) is 5.55. The Morgan fingerprint density at radius 3 is 2.42 bits per heavy atom. The van der Waals surface area contributed by atoms with Crippen molar-refractivity contribution < 1.29 is 19.1 Å². The summed E-state index contributed by atoms with van der Waals surface area (Å²) in [7, 11) is 0. The molecule has 1 rings (SSSR count). The molecule has 1 amide bonds. The minimum atomic E-state index is -0.350. The maximum absolute atomic E-state index is 12.2. The number of benzene rings is 1. The van der Waals surface area contributed by atoms with Gasteiger partial charge in [-0.2, -0.15) is 0 Å². The maximum atomic E-state index is 12.2. The topological polar surface area (TPSA) is 63.7 Å².